The molecule has 3 nitrogen and oxygen atoms in total. The maximum atomic E-state index is 4.64. The van der Waals surface area contributed by atoms with E-state index >= 15 is 0 Å². The largest absolute Gasteiger partial charge is 0.311 e. The van der Waals surface area contributed by atoms with Gasteiger partial charge in [0.15, 0.2) is 0 Å². The Hall–Kier alpha value is -7.56. The van der Waals surface area contributed by atoms with Crippen molar-refractivity contribution >= 4 is 91.4 Å². The molecule has 0 saturated carbocycles. The van der Waals surface area contributed by atoms with Crippen LogP contribution < -0.4 is 26.2 Å². The maximum Gasteiger partial charge on any atom is 0.252 e. The molecule has 0 saturated heterocycles. The topological polar surface area (TPSA) is 11.4 Å². The van der Waals surface area contributed by atoms with E-state index in [-0.39, 0.29) is 17.5 Å². The van der Waals surface area contributed by atoms with Crippen molar-refractivity contribution in [2.24, 2.45) is 0 Å². The number of fused-ring (bicyclic) bond motifs is 5. The minimum Gasteiger partial charge on any atom is -0.311 e. The van der Waals surface area contributed by atoms with E-state index in [9.17, 15) is 0 Å². The summed E-state index contributed by atoms with van der Waals surface area (Å²) in [5.74, 6) is 0. The van der Waals surface area contributed by atoms with Crippen LogP contribution in [0.15, 0.2) is 165 Å². The fourth-order valence-electron chi connectivity index (χ4n) is 12.0. The number of aryl methyl sites for hydroxylation is 5. The second kappa shape index (κ2) is 18.2. The first-order chi connectivity index (χ1) is 34.8. The normalized spacial score (nSPS) is 13.5. The van der Waals surface area contributed by atoms with Gasteiger partial charge in [0.1, 0.15) is 0 Å². The second-order valence-corrected chi connectivity index (χ2v) is 22.6. The van der Waals surface area contributed by atoms with E-state index in [2.05, 4.69) is 264 Å². The van der Waals surface area contributed by atoms with E-state index in [0.717, 1.165) is 44.7 Å². The third kappa shape index (κ3) is 7.98. The molecule has 2 aliphatic rings. The van der Waals surface area contributed by atoms with Crippen molar-refractivity contribution in [2.45, 2.75) is 101 Å². The molecule has 73 heavy (non-hydrogen) atoms. The van der Waals surface area contributed by atoms with Crippen LogP contribution in [0.25, 0.3) is 39.9 Å². The molecule has 0 unspecified atom stereocenters. The monoisotopic (exact) mass is 952 g/mol. The average molecular weight is 952 g/mol. The van der Waals surface area contributed by atoms with Gasteiger partial charge < -0.3 is 14.4 Å². The number of nitrogens with zero attached hydrogens (tertiary/aromatic N) is 3. The molecule has 2 aliphatic heterocycles. The summed E-state index contributed by atoms with van der Waals surface area (Å²) in [5, 5.41) is 1.20. The first-order valence-electron chi connectivity index (χ1n) is 26.0. The predicted octanol–water partition coefficient (Wildman–Crippen LogP) is 17.2. The van der Waals surface area contributed by atoms with Crippen molar-refractivity contribution in [1.29, 1.82) is 0 Å². The lowest BCUT2D eigenvalue weighted by Gasteiger charge is -2.46. The summed E-state index contributed by atoms with van der Waals surface area (Å²) in [6.45, 7) is 43.1. The molecule has 0 N–H and O–H groups in total. The van der Waals surface area contributed by atoms with Gasteiger partial charge in [-0.15, -0.1) is 0 Å². The third-order valence-corrected chi connectivity index (χ3v) is 15.7. The number of hydrogen-bond donors (Lipinski definition) is 0. The van der Waals surface area contributed by atoms with Gasteiger partial charge in [0.05, 0.1) is 22.6 Å². The third-order valence-electron chi connectivity index (χ3n) is 15.7. The molecule has 0 aliphatic carbocycles. The lowest BCUT2D eigenvalue weighted by Crippen LogP contribution is -2.61. The summed E-state index contributed by atoms with van der Waals surface area (Å²) in [4.78, 5) is 5.26. The van der Waals surface area contributed by atoms with Crippen molar-refractivity contribution in [2.75, 3.05) is 9.80 Å². The fraction of sp³-hybridized carbons (Fsp3) is 0.217. The molecule has 0 bridgehead atoms. The highest BCUT2D eigenvalue weighted by Crippen LogP contribution is 2.50. The van der Waals surface area contributed by atoms with Crippen molar-refractivity contribution in [3.05, 3.63) is 226 Å². The highest BCUT2D eigenvalue weighted by Gasteiger charge is 2.46. The standard InChI is InChI=1S/C69H70BN3/c1-17-26-55-56-40-58-62(41-60(56)71(59(55)19-3)52-30-21-20-22-31-52)73(67-45(7)35-49(36-46(67)8)53(18-2)47(9)48(10)54-32-24-23-27-42(54)4)64-39-51(69(14,15)16)38-63-65(64)70(58)57-34-33-50(68(11,12)13)37-61(57)72(63)66-43(5)28-25-29-44(66)6/h17-41H,2-3,10H2,1,4-9,11-16H3/b26-17-,53-47+. The molecule has 0 spiro atoms. The van der Waals surface area contributed by atoms with Crippen LogP contribution in [0.2, 0.25) is 0 Å². The molecular formula is C69H70BN3. The molecule has 4 heteroatoms. The summed E-state index contributed by atoms with van der Waals surface area (Å²) >= 11 is 0. The maximum absolute atomic E-state index is 4.64. The lowest BCUT2D eigenvalue weighted by atomic mass is 9.33. The summed E-state index contributed by atoms with van der Waals surface area (Å²) in [5.41, 5.74) is 29.6. The number of benzene rings is 7. The van der Waals surface area contributed by atoms with Crippen LogP contribution in [0.1, 0.15) is 117 Å². The lowest BCUT2D eigenvalue weighted by molar-refractivity contribution is 0.590. The fourth-order valence-corrected chi connectivity index (χ4v) is 12.0. The zero-order valence-electron chi connectivity index (χ0n) is 45.5. The number of para-hydroxylation sites is 2. The Morgan fingerprint density at radius 2 is 1.14 bits per heavy atom. The smallest absolute Gasteiger partial charge is 0.252 e. The van der Waals surface area contributed by atoms with Gasteiger partial charge in [-0.05, 0) is 197 Å². The van der Waals surface area contributed by atoms with E-state index in [1.807, 2.05) is 12.2 Å². The van der Waals surface area contributed by atoms with Crippen LogP contribution in [0, 0.1) is 34.6 Å². The van der Waals surface area contributed by atoms with Gasteiger partial charge >= 0.3 is 0 Å². The molecule has 3 heterocycles. The van der Waals surface area contributed by atoms with E-state index in [1.54, 1.807) is 0 Å². The highest BCUT2D eigenvalue weighted by atomic mass is 15.2. The van der Waals surface area contributed by atoms with Crippen molar-refractivity contribution in [3.63, 3.8) is 0 Å². The van der Waals surface area contributed by atoms with Gasteiger partial charge in [0.25, 0.3) is 6.71 Å². The molecule has 364 valence electrons. The zero-order chi connectivity index (χ0) is 52.0. The first kappa shape index (κ1) is 49.0. The average Bonchev–Trinajstić information content (AvgIpc) is 3.65. The number of anilines is 6. The Bertz CT molecular complexity index is 3630. The number of aromatic nitrogens is 1. The molecule has 1 aromatic heterocycles. The van der Waals surface area contributed by atoms with E-state index in [1.165, 1.54) is 100 Å². The van der Waals surface area contributed by atoms with Gasteiger partial charge in [-0.1, -0.05) is 158 Å². The minimum atomic E-state index is -0.173. The first-order valence-corrected chi connectivity index (χ1v) is 26.0. The Balaban J connectivity index is 1.36. The van der Waals surface area contributed by atoms with Crippen LogP contribution in [0.4, 0.5) is 34.1 Å². The quantitative estimate of drug-likeness (QED) is 0.106. The number of allylic oxidation sites excluding steroid dienone is 5. The molecule has 8 aromatic rings. The van der Waals surface area contributed by atoms with Crippen LogP contribution in [0.5, 0.6) is 0 Å². The Morgan fingerprint density at radius 3 is 1.71 bits per heavy atom. The summed E-state index contributed by atoms with van der Waals surface area (Å²) in [6, 6.07) is 48.2. The van der Waals surface area contributed by atoms with Gasteiger partial charge in [0.2, 0.25) is 0 Å². The molecule has 10 rings (SSSR count). The van der Waals surface area contributed by atoms with Crippen LogP contribution in [0.3, 0.4) is 0 Å². The van der Waals surface area contributed by atoms with Crippen LogP contribution in [-0.4, -0.2) is 11.3 Å². The summed E-state index contributed by atoms with van der Waals surface area (Å²) < 4.78 is 2.41. The van der Waals surface area contributed by atoms with Gasteiger partial charge in [-0.25, -0.2) is 0 Å². The molecular weight excluding hydrogens is 882 g/mol. The van der Waals surface area contributed by atoms with E-state index in [0.29, 0.717) is 0 Å². The molecule has 0 amide bonds. The van der Waals surface area contributed by atoms with Crippen LogP contribution in [-0.2, 0) is 10.8 Å². The predicted molar refractivity (Wildman–Crippen MR) is 321 cm³/mol. The van der Waals surface area contributed by atoms with E-state index in [4.69, 9.17) is 0 Å². The SMILES string of the molecule is C=C/C(=C(/C)C(=C)c1ccccc1C)c1cc(C)c(N2c3cc4c(cc3B3c5ccc(C(C)(C)C)cc5N(c5c(C)cccc5C)c5cc(C(C)(C)C)cc2c53)c(/C=C\C)c(C=C)n4-c2ccccc2)c(C)c1. The van der Waals surface area contributed by atoms with Crippen LogP contribution >= 0.6 is 0 Å². The minimum absolute atomic E-state index is 0.0649. The number of hydrogen-bond acceptors (Lipinski definition) is 2. The zero-order valence-corrected chi connectivity index (χ0v) is 45.5. The van der Waals surface area contributed by atoms with Crippen molar-refractivity contribution in [3.8, 4) is 5.69 Å². The molecule has 0 radical (unpaired) electrons. The van der Waals surface area contributed by atoms with Gasteiger partial charge in [-0.3, -0.25) is 0 Å². The molecule has 7 aromatic carbocycles. The Labute approximate surface area is 436 Å². The Kier molecular flexibility index (Phi) is 12.2. The van der Waals surface area contributed by atoms with Gasteiger partial charge in [0, 0.05) is 39.4 Å². The number of rotatable bonds is 9. The summed E-state index contributed by atoms with van der Waals surface area (Å²) in [6.07, 6.45) is 8.47. The Morgan fingerprint density at radius 1 is 0.575 bits per heavy atom. The van der Waals surface area contributed by atoms with Crippen molar-refractivity contribution in [1.82, 2.24) is 4.57 Å². The second-order valence-electron chi connectivity index (χ2n) is 22.6. The molecule has 0 fully saturated rings. The summed E-state index contributed by atoms with van der Waals surface area (Å²) in [7, 11) is 0. The van der Waals surface area contributed by atoms with Gasteiger partial charge in [-0.2, -0.15) is 0 Å². The van der Waals surface area contributed by atoms with E-state index < -0.39 is 0 Å². The van der Waals surface area contributed by atoms with Crippen molar-refractivity contribution < 1.29 is 0 Å². The molecule has 0 atom stereocenters. The highest BCUT2D eigenvalue weighted by molar-refractivity contribution is 7.00.